The van der Waals surface area contributed by atoms with Gasteiger partial charge in [-0.05, 0) is 37.5 Å². The number of amides is 2. The summed E-state index contributed by atoms with van der Waals surface area (Å²) in [6.45, 7) is 0.716. The molecule has 0 radical (unpaired) electrons. The number of hydrogen-bond donors (Lipinski definition) is 2. The van der Waals surface area contributed by atoms with Gasteiger partial charge in [0, 0.05) is 37.3 Å². The molecule has 8 heteroatoms. The topological polar surface area (TPSA) is 95.6 Å². The number of nitrogens with zero attached hydrogens (tertiary/aromatic N) is 1. The smallest absolute Gasteiger partial charge is 0.251 e. The van der Waals surface area contributed by atoms with Crippen LogP contribution in [-0.2, 0) is 14.8 Å². The van der Waals surface area contributed by atoms with Crippen LogP contribution < -0.4 is 10.6 Å². The van der Waals surface area contributed by atoms with E-state index in [4.69, 9.17) is 0 Å². The van der Waals surface area contributed by atoms with Crippen molar-refractivity contribution in [3.05, 3.63) is 29.8 Å². The van der Waals surface area contributed by atoms with Gasteiger partial charge < -0.3 is 10.6 Å². The first-order chi connectivity index (χ1) is 12.8. The summed E-state index contributed by atoms with van der Waals surface area (Å²) in [7, 11) is -1.69. The van der Waals surface area contributed by atoms with Crippen molar-refractivity contribution >= 4 is 27.5 Å². The predicted molar refractivity (Wildman–Crippen MR) is 106 cm³/mol. The third kappa shape index (κ3) is 6.95. The second-order valence-corrected chi connectivity index (χ2v) is 9.19. The Bertz CT molecular complexity index is 758. The zero-order chi connectivity index (χ0) is 19.9. The van der Waals surface area contributed by atoms with Crippen molar-refractivity contribution < 1.29 is 18.0 Å². The SMILES string of the molecule is CN(CCCNC(=O)c1cccc(NC(=O)C2CCCCC2)c1)S(C)(=O)=O. The number of nitrogens with one attached hydrogen (secondary N) is 2. The van der Waals surface area contributed by atoms with Crippen molar-refractivity contribution in [3.63, 3.8) is 0 Å². The Balaban J connectivity index is 1.83. The maximum atomic E-state index is 12.3. The highest BCUT2D eigenvalue weighted by Crippen LogP contribution is 2.25. The summed E-state index contributed by atoms with van der Waals surface area (Å²) >= 11 is 0. The van der Waals surface area contributed by atoms with E-state index in [0.717, 1.165) is 31.9 Å². The molecule has 1 aliphatic carbocycles. The minimum Gasteiger partial charge on any atom is -0.352 e. The van der Waals surface area contributed by atoms with Crippen molar-refractivity contribution in [3.8, 4) is 0 Å². The number of rotatable bonds is 8. The van der Waals surface area contributed by atoms with E-state index in [1.807, 2.05) is 0 Å². The molecule has 2 amide bonds. The van der Waals surface area contributed by atoms with Gasteiger partial charge in [-0.2, -0.15) is 0 Å². The average Bonchev–Trinajstić information content (AvgIpc) is 2.65. The van der Waals surface area contributed by atoms with E-state index in [1.54, 1.807) is 24.3 Å². The van der Waals surface area contributed by atoms with Crippen LogP contribution in [0.3, 0.4) is 0 Å². The summed E-state index contributed by atoms with van der Waals surface area (Å²) in [4.78, 5) is 24.6. The molecule has 2 N–H and O–H groups in total. The van der Waals surface area contributed by atoms with Gasteiger partial charge >= 0.3 is 0 Å². The lowest BCUT2D eigenvalue weighted by molar-refractivity contribution is -0.120. The normalized spacial score (nSPS) is 15.5. The van der Waals surface area contributed by atoms with Gasteiger partial charge in [-0.3, -0.25) is 9.59 Å². The van der Waals surface area contributed by atoms with Crippen LogP contribution in [-0.4, -0.2) is 50.9 Å². The quantitative estimate of drug-likeness (QED) is 0.660. The predicted octanol–water partition coefficient (Wildman–Crippen LogP) is 2.22. The molecule has 7 nitrogen and oxygen atoms in total. The van der Waals surface area contributed by atoms with Crippen molar-refractivity contribution in [2.45, 2.75) is 38.5 Å². The zero-order valence-corrected chi connectivity index (χ0v) is 16.8. The molecular formula is C19H29N3O4S. The third-order valence-electron chi connectivity index (χ3n) is 4.87. The monoisotopic (exact) mass is 395 g/mol. The van der Waals surface area contributed by atoms with E-state index in [0.29, 0.717) is 30.8 Å². The average molecular weight is 396 g/mol. The van der Waals surface area contributed by atoms with Crippen LogP contribution in [0.1, 0.15) is 48.9 Å². The summed E-state index contributed by atoms with van der Waals surface area (Å²) in [6, 6.07) is 6.87. The van der Waals surface area contributed by atoms with Crippen molar-refractivity contribution in [2.24, 2.45) is 5.92 Å². The number of benzene rings is 1. The first kappa shape index (κ1) is 21.4. The van der Waals surface area contributed by atoms with Crippen molar-refractivity contribution in [2.75, 3.05) is 31.7 Å². The van der Waals surface area contributed by atoms with E-state index in [9.17, 15) is 18.0 Å². The Hall–Kier alpha value is -1.93. The molecule has 0 aliphatic heterocycles. The van der Waals surface area contributed by atoms with Gasteiger partial charge in [0.1, 0.15) is 0 Å². The molecule has 1 aromatic carbocycles. The molecule has 0 bridgehead atoms. The molecule has 0 aromatic heterocycles. The van der Waals surface area contributed by atoms with Gasteiger partial charge in [0.25, 0.3) is 5.91 Å². The maximum absolute atomic E-state index is 12.3. The highest BCUT2D eigenvalue weighted by molar-refractivity contribution is 7.88. The van der Waals surface area contributed by atoms with Crippen molar-refractivity contribution in [1.82, 2.24) is 9.62 Å². The highest BCUT2D eigenvalue weighted by atomic mass is 32.2. The zero-order valence-electron chi connectivity index (χ0n) is 16.0. The van der Waals surface area contributed by atoms with E-state index in [-0.39, 0.29) is 17.7 Å². The first-order valence-corrected chi connectivity index (χ1v) is 11.2. The number of hydrogen-bond acceptors (Lipinski definition) is 4. The maximum Gasteiger partial charge on any atom is 0.251 e. The molecule has 150 valence electrons. The first-order valence-electron chi connectivity index (χ1n) is 9.38. The van der Waals surface area contributed by atoms with E-state index in [1.165, 1.54) is 17.8 Å². The van der Waals surface area contributed by atoms with Gasteiger partial charge in [-0.15, -0.1) is 0 Å². The molecule has 0 spiro atoms. The Morgan fingerprint density at radius 1 is 1.19 bits per heavy atom. The molecule has 2 rings (SSSR count). The number of carbonyl (C=O) groups is 2. The fraction of sp³-hybridized carbons (Fsp3) is 0.579. The Kier molecular flexibility index (Phi) is 7.79. The van der Waals surface area contributed by atoms with E-state index < -0.39 is 10.0 Å². The largest absolute Gasteiger partial charge is 0.352 e. The van der Waals surface area contributed by atoms with Crippen LogP contribution in [0.5, 0.6) is 0 Å². The van der Waals surface area contributed by atoms with Crippen LogP contribution in [0.25, 0.3) is 0 Å². The van der Waals surface area contributed by atoms with Crippen LogP contribution in [0.4, 0.5) is 5.69 Å². The third-order valence-corrected chi connectivity index (χ3v) is 6.18. The molecule has 1 aliphatic rings. The van der Waals surface area contributed by atoms with Crippen LogP contribution >= 0.6 is 0 Å². The summed E-state index contributed by atoms with van der Waals surface area (Å²) in [5.41, 5.74) is 1.09. The number of anilines is 1. The van der Waals surface area contributed by atoms with Crippen molar-refractivity contribution in [1.29, 1.82) is 0 Å². The van der Waals surface area contributed by atoms with E-state index >= 15 is 0 Å². The minimum absolute atomic E-state index is 0.0241. The molecule has 1 fully saturated rings. The van der Waals surface area contributed by atoms with Crippen LogP contribution in [0.15, 0.2) is 24.3 Å². The Labute approximate surface area is 161 Å². The molecular weight excluding hydrogens is 366 g/mol. The molecule has 0 heterocycles. The molecule has 1 saturated carbocycles. The summed E-state index contributed by atoms with van der Waals surface area (Å²) in [6.07, 6.45) is 6.90. The van der Waals surface area contributed by atoms with E-state index in [2.05, 4.69) is 10.6 Å². The Morgan fingerprint density at radius 3 is 2.56 bits per heavy atom. The van der Waals surface area contributed by atoms with Gasteiger partial charge in [0.05, 0.1) is 6.26 Å². The summed E-state index contributed by atoms with van der Waals surface area (Å²) in [5.74, 6) is -0.162. The fourth-order valence-corrected chi connectivity index (χ4v) is 3.58. The lowest BCUT2D eigenvalue weighted by Crippen LogP contribution is -2.31. The Morgan fingerprint density at radius 2 is 1.89 bits per heavy atom. The van der Waals surface area contributed by atoms with Gasteiger partial charge in [0.15, 0.2) is 0 Å². The minimum atomic E-state index is -3.20. The van der Waals surface area contributed by atoms with Gasteiger partial charge in [-0.1, -0.05) is 25.3 Å². The number of carbonyl (C=O) groups excluding carboxylic acids is 2. The van der Waals surface area contributed by atoms with Crippen LogP contribution in [0.2, 0.25) is 0 Å². The molecule has 0 atom stereocenters. The standard InChI is InChI=1S/C19H29N3O4S/c1-22(27(2,25)26)13-7-12-20-18(23)16-10-6-11-17(14-16)21-19(24)15-8-4-3-5-9-15/h6,10-11,14-15H,3-5,7-9,12-13H2,1-2H3,(H,20,23)(H,21,24). The molecule has 27 heavy (non-hydrogen) atoms. The van der Waals surface area contributed by atoms with Gasteiger partial charge in [-0.25, -0.2) is 12.7 Å². The lowest BCUT2D eigenvalue weighted by Gasteiger charge is -2.20. The van der Waals surface area contributed by atoms with Gasteiger partial charge in [0.2, 0.25) is 15.9 Å². The lowest BCUT2D eigenvalue weighted by atomic mass is 9.88. The summed E-state index contributed by atoms with van der Waals surface area (Å²) < 4.78 is 23.9. The molecule has 0 unspecified atom stereocenters. The second-order valence-electron chi connectivity index (χ2n) is 7.10. The molecule has 0 saturated heterocycles. The number of sulfonamides is 1. The highest BCUT2D eigenvalue weighted by Gasteiger charge is 2.21. The second kappa shape index (κ2) is 9.85. The summed E-state index contributed by atoms with van der Waals surface area (Å²) in [5, 5.41) is 5.69. The molecule has 1 aromatic rings. The van der Waals surface area contributed by atoms with Crippen LogP contribution in [0, 0.1) is 5.92 Å². The fourth-order valence-electron chi connectivity index (χ4n) is 3.12.